The molecule has 6 nitrogen and oxygen atoms in total. The van der Waals surface area contributed by atoms with Crippen molar-refractivity contribution in [1.82, 2.24) is 14.8 Å². The predicted molar refractivity (Wildman–Crippen MR) is 76.3 cm³/mol. The first kappa shape index (κ1) is 13.0. The van der Waals surface area contributed by atoms with Crippen LogP contribution in [0.1, 0.15) is 16.1 Å². The molecule has 3 aromatic rings. The fourth-order valence-corrected chi connectivity index (χ4v) is 2.15. The van der Waals surface area contributed by atoms with E-state index in [1.165, 1.54) is 18.5 Å². The molecule has 0 bridgehead atoms. The highest BCUT2D eigenvalue weighted by Crippen LogP contribution is 2.11. The molecular formula is C15H11N3O3. The van der Waals surface area contributed by atoms with Crippen molar-refractivity contribution in [2.75, 3.05) is 0 Å². The van der Waals surface area contributed by atoms with Gasteiger partial charge in [-0.15, -0.1) is 0 Å². The number of para-hydroxylation sites is 1. The molecule has 3 rings (SSSR count). The van der Waals surface area contributed by atoms with Gasteiger partial charge in [0.15, 0.2) is 0 Å². The van der Waals surface area contributed by atoms with Crippen LogP contribution < -0.4 is 5.43 Å². The summed E-state index contributed by atoms with van der Waals surface area (Å²) in [4.78, 5) is 26.5. The molecule has 0 radical (unpaired) electrons. The number of pyridine rings is 1. The van der Waals surface area contributed by atoms with E-state index in [0.717, 1.165) is 5.56 Å². The number of aromatic nitrogens is 3. The number of hydrogen-bond acceptors (Lipinski definition) is 4. The molecular weight excluding hydrogens is 270 g/mol. The fraction of sp³-hybridized carbons (Fsp3) is 0.0667. The Morgan fingerprint density at radius 2 is 2.05 bits per heavy atom. The molecule has 6 heteroatoms. The standard InChI is InChI=1S/C15H11N3O3/c19-14-8-17-18(13-4-2-1-3-11(13)14)9-10-5-6-16-12(7-10)15(20)21/h1-8H,9H2,(H,20,21). The average molecular weight is 281 g/mol. The van der Waals surface area contributed by atoms with E-state index in [1.54, 1.807) is 22.9 Å². The molecule has 1 aromatic carbocycles. The maximum Gasteiger partial charge on any atom is 0.354 e. The van der Waals surface area contributed by atoms with E-state index >= 15 is 0 Å². The summed E-state index contributed by atoms with van der Waals surface area (Å²) < 4.78 is 1.66. The molecule has 0 atom stereocenters. The minimum atomic E-state index is -1.07. The number of benzene rings is 1. The quantitative estimate of drug-likeness (QED) is 0.787. The Bertz CT molecular complexity index is 886. The lowest BCUT2D eigenvalue weighted by Gasteiger charge is -2.09. The molecule has 0 fully saturated rings. The van der Waals surface area contributed by atoms with Crippen molar-refractivity contribution < 1.29 is 9.90 Å². The summed E-state index contributed by atoms with van der Waals surface area (Å²) >= 11 is 0. The predicted octanol–water partition coefficient (Wildman–Crippen LogP) is 1.54. The zero-order chi connectivity index (χ0) is 14.8. The summed E-state index contributed by atoms with van der Waals surface area (Å²) in [5.74, 6) is -1.07. The Labute approximate surface area is 119 Å². The van der Waals surface area contributed by atoms with Crippen LogP contribution in [-0.4, -0.2) is 25.8 Å². The zero-order valence-electron chi connectivity index (χ0n) is 10.9. The van der Waals surface area contributed by atoms with E-state index in [2.05, 4.69) is 10.1 Å². The van der Waals surface area contributed by atoms with Gasteiger partial charge in [0.2, 0.25) is 5.43 Å². The molecule has 2 heterocycles. The van der Waals surface area contributed by atoms with Gasteiger partial charge in [0, 0.05) is 11.6 Å². The second kappa shape index (κ2) is 5.16. The highest BCUT2D eigenvalue weighted by molar-refractivity contribution is 5.85. The zero-order valence-corrected chi connectivity index (χ0v) is 10.9. The van der Waals surface area contributed by atoms with Crippen molar-refractivity contribution in [2.45, 2.75) is 6.54 Å². The number of rotatable bonds is 3. The van der Waals surface area contributed by atoms with E-state index in [9.17, 15) is 9.59 Å². The van der Waals surface area contributed by atoms with Crippen LogP contribution in [0.5, 0.6) is 0 Å². The topological polar surface area (TPSA) is 85.1 Å². The molecule has 0 saturated carbocycles. The number of aromatic carboxylic acids is 1. The van der Waals surface area contributed by atoms with Crippen LogP contribution in [0.3, 0.4) is 0 Å². The summed E-state index contributed by atoms with van der Waals surface area (Å²) in [7, 11) is 0. The summed E-state index contributed by atoms with van der Waals surface area (Å²) in [6.45, 7) is 0.365. The Morgan fingerprint density at radius 3 is 2.86 bits per heavy atom. The van der Waals surface area contributed by atoms with Crippen LogP contribution in [0.2, 0.25) is 0 Å². The van der Waals surface area contributed by atoms with Gasteiger partial charge in [-0.3, -0.25) is 9.48 Å². The number of hydrogen-bond donors (Lipinski definition) is 1. The van der Waals surface area contributed by atoms with Gasteiger partial charge in [0.1, 0.15) is 5.69 Å². The van der Waals surface area contributed by atoms with E-state index in [4.69, 9.17) is 5.11 Å². The largest absolute Gasteiger partial charge is 0.477 e. The second-order valence-corrected chi connectivity index (χ2v) is 4.54. The summed E-state index contributed by atoms with van der Waals surface area (Å²) in [5.41, 5.74) is 1.31. The number of fused-ring (bicyclic) bond motifs is 1. The van der Waals surface area contributed by atoms with Crippen LogP contribution in [0, 0.1) is 0 Å². The lowest BCUT2D eigenvalue weighted by Crippen LogP contribution is -2.13. The molecule has 0 aliphatic carbocycles. The van der Waals surface area contributed by atoms with Crippen LogP contribution >= 0.6 is 0 Å². The highest BCUT2D eigenvalue weighted by atomic mass is 16.4. The first-order valence-electron chi connectivity index (χ1n) is 6.28. The lowest BCUT2D eigenvalue weighted by atomic mass is 10.2. The Kier molecular flexibility index (Phi) is 3.19. The van der Waals surface area contributed by atoms with Gasteiger partial charge in [-0.1, -0.05) is 12.1 Å². The number of carboxylic acid groups (broad SMARTS) is 1. The molecule has 2 aromatic heterocycles. The molecule has 0 spiro atoms. The van der Waals surface area contributed by atoms with Gasteiger partial charge in [-0.2, -0.15) is 5.10 Å². The Morgan fingerprint density at radius 1 is 1.24 bits per heavy atom. The average Bonchev–Trinajstić information content (AvgIpc) is 2.51. The van der Waals surface area contributed by atoms with Gasteiger partial charge >= 0.3 is 5.97 Å². The summed E-state index contributed by atoms with van der Waals surface area (Å²) in [6.07, 6.45) is 2.71. The maximum atomic E-state index is 11.8. The molecule has 1 N–H and O–H groups in total. The minimum Gasteiger partial charge on any atom is -0.477 e. The number of nitrogens with zero attached hydrogens (tertiary/aromatic N) is 3. The van der Waals surface area contributed by atoms with Crippen molar-refractivity contribution >= 4 is 16.9 Å². The monoisotopic (exact) mass is 281 g/mol. The van der Waals surface area contributed by atoms with Crippen molar-refractivity contribution in [2.24, 2.45) is 0 Å². The van der Waals surface area contributed by atoms with Crippen LogP contribution in [-0.2, 0) is 6.54 Å². The van der Waals surface area contributed by atoms with E-state index < -0.39 is 5.97 Å². The second-order valence-electron chi connectivity index (χ2n) is 4.54. The van der Waals surface area contributed by atoms with Gasteiger partial charge in [-0.25, -0.2) is 9.78 Å². The first-order valence-corrected chi connectivity index (χ1v) is 6.28. The van der Waals surface area contributed by atoms with E-state index in [0.29, 0.717) is 17.4 Å². The molecule has 21 heavy (non-hydrogen) atoms. The first-order chi connectivity index (χ1) is 10.1. The molecule has 0 aliphatic rings. The van der Waals surface area contributed by atoms with Gasteiger partial charge in [-0.05, 0) is 29.8 Å². The summed E-state index contributed by atoms with van der Waals surface area (Å²) in [5, 5.41) is 13.7. The van der Waals surface area contributed by atoms with Gasteiger partial charge < -0.3 is 5.11 Å². The van der Waals surface area contributed by atoms with Crippen LogP contribution in [0.25, 0.3) is 10.9 Å². The van der Waals surface area contributed by atoms with Crippen molar-refractivity contribution in [1.29, 1.82) is 0 Å². The van der Waals surface area contributed by atoms with E-state index in [1.807, 2.05) is 12.1 Å². The van der Waals surface area contributed by atoms with Crippen LogP contribution in [0.4, 0.5) is 0 Å². The lowest BCUT2D eigenvalue weighted by molar-refractivity contribution is 0.0690. The number of carbonyl (C=O) groups is 1. The third kappa shape index (κ3) is 2.51. The smallest absolute Gasteiger partial charge is 0.354 e. The summed E-state index contributed by atoms with van der Waals surface area (Å²) in [6, 6.07) is 10.4. The Balaban J connectivity index is 2.06. The van der Waals surface area contributed by atoms with E-state index in [-0.39, 0.29) is 11.1 Å². The number of carboxylic acids is 1. The maximum absolute atomic E-state index is 11.8. The minimum absolute atomic E-state index is 0.0159. The highest BCUT2D eigenvalue weighted by Gasteiger charge is 2.07. The van der Waals surface area contributed by atoms with Crippen LogP contribution in [0.15, 0.2) is 53.6 Å². The third-order valence-corrected chi connectivity index (χ3v) is 3.14. The van der Waals surface area contributed by atoms with Crippen molar-refractivity contribution in [3.63, 3.8) is 0 Å². The molecule has 0 unspecified atom stereocenters. The van der Waals surface area contributed by atoms with Gasteiger partial charge in [0.05, 0.1) is 18.3 Å². The molecule has 0 saturated heterocycles. The fourth-order valence-electron chi connectivity index (χ4n) is 2.15. The van der Waals surface area contributed by atoms with Crippen molar-refractivity contribution in [3.05, 3.63) is 70.3 Å². The molecule has 104 valence electrons. The van der Waals surface area contributed by atoms with Crippen molar-refractivity contribution in [3.8, 4) is 0 Å². The SMILES string of the molecule is O=C(O)c1cc(Cn2ncc(=O)c3ccccc32)ccn1. The normalized spacial score (nSPS) is 10.7. The molecule has 0 aliphatic heterocycles. The van der Waals surface area contributed by atoms with Gasteiger partial charge in [0.25, 0.3) is 0 Å². The Hall–Kier alpha value is -3.02. The third-order valence-electron chi connectivity index (χ3n) is 3.14. The molecule has 0 amide bonds.